The second-order valence-electron chi connectivity index (χ2n) is 5.48. The van der Waals surface area contributed by atoms with Gasteiger partial charge in [-0.2, -0.15) is 4.99 Å². The van der Waals surface area contributed by atoms with Gasteiger partial charge in [0, 0.05) is 37.1 Å². The molecule has 2 unspecified atom stereocenters. The summed E-state index contributed by atoms with van der Waals surface area (Å²) < 4.78 is 1.90. The summed E-state index contributed by atoms with van der Waals surface area (Å²) in [6.45, 7) is 0. The summed E-state index contributed by atoms with van der Waals surface area (Å²) in [6.07, 6.45) is 7.41. The van der Waals surface area contributed by atoms with Crippen LogP contribution in [-0.4, -0.2) is 22.6 Å². The van der Waals surface area contributed by atoms with E-state index in [4.69, 9.17) is 0 Å². The van der Waals surface area contributed by atoms with Gasteiger partial charge < -0.3 is 9.88 Å². The minimum atomic E-state index is 0. The van der Waals surface area contributed by atoms with Crippen molar-refractivity contribution in [1.29, 1.82) is 0 Å². The molecule has 0 saturated carbocycles. The molecule has 106 valence electrons. The molecule has 2 saturated heterocycles. The summed E-state index contributed by atoms with van der Waals surface area (Å²) in [6, 6.07) is 1.30. The van der Waals surface area contributed by atoms with Crippen LogP contribution in [0, 0.1) is 5.92 Å². The van der Waals surface area contributed by atoms with Crippen molar-refractivity contribution >= 4 is 29.7 Å². The molecule has 0 radical (unpaired) electrons. The molecule has 4 nitrogen and oxygen atoms in total. The fourth-order valence-corrected chi connectivity index (χ4v) is 3.92. The lowest BCUT2D eigenvalue weighted by Gasteiger charge is -2.28. The minimum Gasteiger partial charge on any atom is -0.327 e. The molecule has 2 bridgehead atoms. The second kappa shape index (κ2) is 6.20. The van der Waals surface area contributed by atoms with E-state index < -0.39 is 0 Å². The summed E-state index contributed by atoms with van der Waals surface area (Å²) >= 11 is 1.52. The number of nitrogens with zero attached hydrogens (tertiary/aromatic N) is 2. The molecular formula is C13H20ClN3OS. The molecule has 3 heterocycles. The van der Waals surface area contributed by atoms with E-state index in [9.17, 15) is 4.79 Å². The molecule has 1 aromatic rings. The predicted molar refractivity (Wildman–Crippen MR) is 78.4 cm³/mol. The van der Waals surface area contributed by atoms with Gasteiger partial charge >= 0.3 is 0 Å². The van der Waals surface area contributed by atoms with Crippen LogP contribution in [0.4, 0.5) is 0 Å². The van der Waals surface area contributed by atoms with Gasteiger partial charge in [0.2, 0.25) is 5.91 Å². The van der Waals surface area contributed by atoms with E-state index in [2.05, 4.69) is 10.3 Å². The molecule has 2 aliphatic heterocycles. The summed E-state index contributed by atoms with van der Waals surface area (Å²) in [7, 11) is 1.92. The fourth-order valence-electron chi connectivity index (χ4n) is 3.18. The van der Waals surface area contributed by atoms with Crippen LogP contribution >= 0.6 is 23.7 Å². The number of aromatic nitrogens is 1. The topological polar surface area (TPSA) is 46.4 Å². The SMILES string of the molecule is Cl.Cn1ccsc1=NC(=O)CC1CC2CCC(C1)N2. The highest BCUT2D eigenvalue weighted by Crippen LogP contribution is 2.32. The average Bonchev–Trinajstić information content (AvgIpc) is 2.86. The predicted octanol–water partition coefficient (Wildman–Crippen LogP) is 1.86. The van der Waals surface area contributed by atoms with Crippen LogP contribution in [0.15, 0.2) is 16.6 Å². The number of piperidine rings is 1. The summed E-state index contributed by atoms with van der Waals surface area (Å²) in [5.41, 5.74) is 0. The van der Waals surface area contributed by atoms with Gasteiger partial charge in [0.15, 0.2) is 4.80 Å². The Morgan fingerprint density at radius 1 is 1.47 bits per heavy atom. The Morgan fingerprint density at radius 3 is 2.74 bits per heavy atom. The molecule has 1 aromatic heterocycles. The maximum atomic E-state index is 12.0. The molecule has 19 heavy (non-hydrogen) atoms. The minimum absolute atomic E-state index is 0. The maximum Gasteiger partial charge on any atom is 0.248 e. The zero-order valence-electron chi connectivity index (χ0n) is 11.0. The highest BCUT2D eigenvalue weighted by molar-refractivity contribution is 7.07. The lowest BCUT2D eigenvalue weighted by Crippen LogP contribution is -2.38. The van der Waals surface area contributed by atoms with Crippen LogP contribution in [0.1, 0.15) is 32.1 Å². The van der Waals surface area contributed by atoms with Crippen LogP contribution in [0.2, 0.25) is 0 Å². The third-order valence-corrected chi connectivity index (χ3v) is 4.86. The van der Waals surface area contributed by atoms with Gasteiger partial charge in [-0.1, -0.05) is 0 Å². The van der Waals surface area contributed by atoms with Gasteiger partial charge in [-0.25, -0.2) is 0 Å². The smallest absolute Gasteiger partial charge is 0.248 e. The number of halogens is 1. The fraction of sp³-hybridized carbons (Fsp3) is 0.692. The van der Waals surface area contributed by atoms with Crippen LogP contribution in [0.3, 0.4) is 0 Å². The van der Waals surface area contributed by atoms with E-state index in [0.29, 0.717) is 24.4 Å². The first-order chi connectivity index (χ1) is 8.70. The van der Waals surface area contributed by atoms with Crippen molar-refractivity contribution in [2.45, 2.75) is 44.2 Å². The van der Waals surface area contributed by atoms with E-state index in [1.165, 1.54) is 24.2 Å². The number of fused-ring (bicyclic) bond motifs is 2. The molecule has 2 atom stereocenters. The lowest BCUT2D eigenvalue weighted by molar-refractivity contribution is -0.119. The number of thiazole rings is 1. The number of hydrogen-bond acceptors (Lipinski definition) is 3. The number of rotatable bonds is 2. The Kier molecular flexibility index (Phi) is 4.81. The van der Waals surface area contributed by atoms with Crippen LogP contribution in [0.25, 0.3) is 0 Å². The van der Waals surface area contributed by atoms with Crippen LogP contribution in [-0.2, 0) is 11.8 Å². The van der Waals surface area contributed by atoms with E-state index >= 15 is 0 Å². The molecule has 0 aromatic carbocycles. The third-order valence-electron chi connectivity index (χ3n) is 4.01. The number of hydrogen-bond donors (Lipinski definition) is 1. The maximum absolute atomic E-state index is 12.0. The Balaban J connectivity index is 0.00000133. The van der Waals surface area contributed by atoms with Crippen molar-refractivity contribution in [3.8, 4) is 0 Å². The summed E-state index contributed by atoms with van der Waals surface area (Å²) in [4.78, 5) is 17.0. The van der Waals surface area contributed by atoms with Crippen molar-refractivity contribution < 1.29 is 4.79 Å². The van der Waals surface area contributed by atoms with Gasteiger partial charge in [0.25, 0.3) is 0 Å². The first kappa shape index (κ1) is 14.8. The molecule has 6 heteroatoms. The van der Waals surface area contributed by atoms with E-state index in [1.54, 1.807) is 0 Å². The number of amides is 1. The highest BCUT2D eigenvalue weighted by Gasteiger charge is 2.34. The molecule has 3 rings (SSSR count). The molecule has 0 aliphatic carbocycles. The van der Waals surface area contributed by atoms with Crippen molar-refractivity contribution in [3.63, 3.8) is 0 Å². The number of carbonyl (C=O) groups excluding carboxylic acids is 1. The Hall–Kier alpha value is -0.650. The average molecular weight is 302 g/mol. The normalized spacial score (nSPS) is 30.2. The molecule has 1 amide bonds. The lowest BCUT2D eigenvalue weighted by atomic mass is 9.89. The van der Waals surface area contributed by atoms with E-state index in [1.807, 2.05) is 23.2 Å². The highest BCUT2D eigenvalue weighted by atomic mass is 35.5. The summed E-state index contributed by atoms with van der Waals surface area (Å²) in [5.74, 6) is 0.574. The molecule has 1 N–H and O–H groups in total. The van der Waals surface area contributed by atoms with Crippen LogP contribution in [0.5, 0.6) is 0 Å². The summed E-state index contributed by atoms with van der Waals surface area (Å²) in [5, 5.41) is 5.56. The number of aryl methyl sites for hydroxylation is 1. The van der Waals surface area contributed by atoms with Crippen molar-refractivity contribution in [2.24, 2.45) is 18.0 Å². The second-order valence-corrected chi connectivity index (χ2v) is 6.35. The largest absolute Gasteiger partial charge is 0.327 e. The first-order valence-corrected chi connectivity index (χ1v) is 7.52. The monoisotopic (exact) mass is 301 g/mol. The molecular weight excluding hydrogens is 282 g/mol. The van der Waals surface area contributed by atoms with Crippen molar-refractivity contribution in [1.82, 2.24) is 9.88 Å². The van der Waals surface area contributed by atoms with Gasteiger partial charge in [-0.3, -0.25) is 4.79 Å². The number of carbonyl (C=O) groups is 1. The van der Waals surface area contributed by atoms with Gasteiger partial charge in [-0.15, -0.1) is 23.7 Å². The molecule has 0 spiro atoms. The third kappa shape index (κ3) is 3.46. The van der Waals surface area contributed by atoms with Gasteiger partial charge in [0.05, 0.1) is 0 Å². The Labute approximate surface area is 123 Å². The zero-order chi connectivity index (χ0) is 12.5. The zero-order valence-corrected chi connectivity index (χ0v) is 12.7. The Bertz CT molecular complexity index is 498. The molecule has 2 fully saturated rings. The van der Waals surface area contributed by atoms with Crippen molar-refractivity contribution in [3.05, 3.63) is 16.4 Å². The van der Waals surface area contributed by atoms with Gasteiger partial charge in [0.1, 0.15) is 0 Å². The van der Waals surface area contributed by atoms with E-state index in [0.717, 1.165) is 17.6 Å². The van der Waals surface area contributed by atoms with Gasteiger partial charge in [-0.05, 0) is 31.6 Å². The van der Waals surface area contributed by atoms with Crippen molar-refractivity contribution in [2.75, 3.05) is 0 Å². The van der Waals surface area contributed by atoms with Crippen LogP contribution < -0.4 is 10.1 Å². The number of nitrogens with one attached hydrogen (secondary N) is 1. The quantitative estimate of drug-likeness (QED) is 0.906. The Morgan fingerprint density at radius 2 is 2.16 bits per heavy atom. The first-order valence-electron chi connectivity index (χ1n) is 6.64. The molecule has 2 aliphatic rings. The van der Waals surface area contributed by atoms with E-state index in [-0.39, 0.29) is 18.3 Å². The standard InChI is InChI=1S/C13H19N3OS.ClH/c1-16-4-5-18-13(16)15-12(17)8-9-6-10-2-3-11(7-9)14-10;/h4-5,9-11,14H,2-3,6-8H2,1H3;1H.